The second kappa shape index (κ2) is 8.86. The van der Waals surface area contributed by atoms with Gasteiger partial charge in [-0.3, -0.25) is 14.9 Å². The zero-order valence-electron chi connectivity index (χ0n) is 14.1. The van der Waals surface area contributed by atoms with E-state index in [4.69, 9.17) is 0 Å². The second-order valence-electron chi connectivity index (χ2n) is 5.89. The number of thioether (sulfide) groups is 1. The highest BCUT2D eigenvalue weighted by Crippen LogP contribution is 2.20. The van der Waals surface area contributed by atoms with Crippen LogP contribution in [0.1, 0.15) is 46.0 Å². The number of carbonyl (C=O) groups is 2. The lowest BCUT2D eigenvalue weighted by Crippen LogP contribution is -2.47. The third-order valence-corrected chi connectivity index (χ3v) is 5.12. The number of nitrogens with one attached hydrogen (secondary N) is 2. The molecule has 1 aromatic heterocycles. The molecule has 0 aliphatic heterocycles. The molecule has 1 aliphatic rings. The number of rotatable bonds is 5. The summed E-state index contributed by atoms with van der Waals surface area (Å²) in [5, 5.41) is 5.16. The van der Waals surface area contributed by atoms with E-state index < -0.39 is 17.2 Å². The van der Waals surface area contributed by atoms with Gasteiger partial charge in [-0.1, -0.05) is 31.0 Å². The molecule has 7 nitrogen and oxygen atoms in total. The zero-order valence-corrected chi connectivity index (χ0v) is 14.9. The Bertz CT molecular complexity index is 640. The van der Waals surface area contributed by atoms with E-state index in [1.807, 2.05) is 6.92 Å². The molecule has 1 heterocycles. The Balaban J connectivity index is 1.88. The van der Waals surface area contributed by atoms with Crippen LogP contribution in [0.15, 0.2) is 22.2 Å². The van der Waals surface area contributed by atoms with Crippen LogP contribution < -0.4 is 16.2 Å². The summed E-state index contributed by atoms with van der Waals surface area (Å²) in [6.45, 7) is 4.26. The molecule has 3 amide bonds. The van der Waals surface area contributed by atoms with Crippen LogP contribution in [0.3, 0.4) is 0 Å². The largest absolute Gasteiger partial charge is 0.335 e. The van der Waals surface area contributed by atoms with Crippen molar-refractivity contribution in [3.05, 3.63) is 22.6 Å². The van der Waals surface area contributed by atoms with Gasteiger partial charge in [-0.15, -0.1) is 0 Å². The number of aryl methyl sites for hydroxylation is 1. The predicted octanol–water partition coefficient (Wildman–Crippen LogP) is 1.90. The molecule has 0 aromatic carbocycles. The van der Waals surface area contributed by atoms with Crippen molar-refractivity contribution < 1.29 is 9.59 Å². The van der Waals surface area contributed by atoms with E-state index in [0.717, 1.165) is 37.4 Å². The van der Waals surface area contributed by atoms with Crippen LogP contribution in [0.4, 0.5) is 4.79 Å². The molecular weight excluding hydrogens is 328 g/mol. The molecule has 1 saturated carbocycles. The molecule has 24 heavy (non-hydrogen) atoms. The van der Waals surface area contributed by atoms with Crippen LogP contribution in [-0.2, 0) is 11.3 Å². The molecule has 0 radical (unpaired) electrons. The van der Waals surface area contributed by atoms with Gasteiger partial charge in [-0.25, -0.2) is 4.79 Å². The highest BCUT2D eigenvalue weighted by molar-refractivity contribution is 8.00. The van der Waals surface area contributed by atoms with Gasteiger partial charge in [0.15, 0.2) is 5.16 Å². The third-order valence-electron chi connectivity index (χ3n) is 4.02. The Labute approximate surface area is 145 Å². The molecule has 0 spiro atoms. The highest BCUT2D eigenvalue weighted by atomic mass is 32.2. The molecule has 8 heteroatoms. The van der Waals surface area contributed by atoms with Gasteiger partial charge in [0.05, 0.1) is 5.25 Å². The SMILES string of the molecule is CCn1ccc(=O)nc1SC(C)C(=O)NC(=O)NC1CCCCC1. The van der Waals surface area contributed by atoms with Gasteiger partial charge >= 0.3 is 6.03 Å². The zero-order chi connectivity index (χ0) is 17.5. The summed E-state index contributed by atoms with van der Waals surface area (Å²) in [5.41, 5.74) is -0.343. The fraction of sp³-hybridized carbons (Fsp3) is 0.625. The first-order valence-corrected chi connectivity index (χ1v) is 9.23. The molecule has 0 saturated heterocycles. The molecule has 2 rings (SSSR count). The van der Waals surface area contributed by atoms with Crippen LogP contribution in [0.2, 0.25) is 0 Å². The minimum absolute atomic E-state index is 0.149. The fourth-order valence-electron chi connectivity index (χ4n) is 2.64. The Morgan fingerprint density at radius 1 is 1.38 bits per heavy atom. The van der Waals surface area contributed by atoms with E-state index in [1.165, 1.54) is 12.5 Å². The first-order chi connectivity index (χ1) is 11.5. The van der Waals surface area contributed by atoms with Crippen LogP contribution in [-0.4, -0.2) is 32.8 Å². The number of nitrogens with zero attached hydrogens (tertiary/aromatic N) is 2. The Hall–Kier alpha value is -1.83. The van der Waals surface area contributed by atoms with E-state index >= 15 is 0 Å². The maximum atomic E-state index is 12.2. The molecule has 1 fully saturated rings. The Kier molecular flexibility index (Phi) is 6.84. The van der Waals surface area contributed by atoms with Crippen molar-refractivity contribution in [1.29, 1.82) is 0 Å². The van der Waals surface area contributed by atoms with Crippen LogP contribution in [0.25, 0.3) is 0 Å². The highest BCUT2D eigenvalue weighted by Gasteiger charge is 2.21. The standard InChI is InChI=1S/C16H24N4O3S/c1-3-20-10-9-13(21)18-16(20)24-11(2)14(22)19-15(23)17-12-7-5-4-6-8-12/h9-12H,3-8H2,1-2H3,(H2,17,19,22,23). The number of aromatic nitrogens is 2. The van der Waals surface area contributed by atoms with E-state index in [2.05, 4.69) is 15.6 Å². The molecule has 1 unspecified atom stereocenters. The predicted molar refractivity (Wildman–Crippen MR) is 93.0 cm³/mol. The van der Waals surface area contributed by atoms with Gasteiger partial charge < -0.3 is 9.88 Å². The van der Waals surface area contributed by atoms with Gasteiger partial charge in [0.25, 0.3) is 5.56 Å². The minimum Gasteiger partial charge on any atom is -0.335 e. The number of imide groups is 1. The molecule has 0 bridgehead atoms. The van der Waals surface area contributed by atoms with Gasteiger partial charge in [-0.2, -0.15) is 4.98 Å². The van der Waals surface area contributed by atoms with Crippen molar-refractivity contribution in [3.8, 4) is 0 Å². The Morgan fingerprint density at radius 3 is 2.75 bits per heavy atom. The monoisotopic (exact) mass is 352 g/mol. The number of amides is 3. The van der Waals surface area contributed by atoms with E-state index in [0.29, 0.717) is 11.7 Å². The summed E-state index contributed by atoms with van der Waals surface area (Å²) >= 11 is 1.16. The maximum absolute atomic E-state index is 12.2. The van der Waals surface area contributed by atoms with Gasteiger partial charge in [-0.05, 0) is 26.7 Å². The van der Waals surface area contributed by atoms with Crippen molar-refractivity contribution in [2.45, 2.75) is 68.9 Å². The topological polar surface area (TPSA) is 93.1 Å². The van der Waals surface area contributed by atoms with Gasteiger partial charge in [0.1, 0.15) is 0 Å². The fourth-order valence-corrected chi connectivity index (χ4v) is 3.59. The van der Waals surface area contributed by atoms with Crippen LogP contribution >= 0.6 is 11.8 Å². The molecular formula is C16H24N4O3S. The molecule has 132 valence electrons. The number of hydrogen-bond acceptors (Lipinski definition) is 5. The molecule has 2 N–H and O–H groups in total. The molecule has 1 atom stereocenters. The first kappa shape index (κ1) is 18.5. The number of carbonyl (C=O) groups excluding carboxylic acids is 2. The summed E-state index contributed by atoms with van der Waals surface area (Å²) < 4.78 is 1.79. The average molecular weight is 352 g/mol. The van der Waals surface area contributed by atoms with Crippen LogP contribution in [0.5, 0.6) is 0 Å². The second-order valence-corrected chi connectivity index (χ2v) is 7.20. The van der Waals surface area contributed by atoms with E-state index in [1.54, 1.807) is 17.7 Å². The van der Waals surface area contributed by atoms with Crippen molar-refractivity contribution in [2.24, 2.45) is 0 Å². The third kappa shape index (κ3) is 5.36. The van der Waals surface area contributed by atoms with Crippen molar-refractivity contribution in [3.63, 3.8) is 0 Å². The Morgan fingerprint density at radius 2 is 2.08 bits per heavy atom. The summed E-state index contributed by atoms with van der Waals surface area (Å²) in [7, 11) is 0. The number of urea groups is 1. The van der Waals surface area contributed by atoms with Crippen LogP contribution in [0, 0.1) is 0 Å². The maximum Gasteiger partial charge on any atom is 0.321 e. The average Bonchev–Trinajstić information content (AvgIpc) is 2.55. The lowest BCUT2D eigenvalue weighted by Gasteiger charge is -2.23. The lowest BCUT2D eigenvalue weighted by atomic mass is 9.96. The normalized spacial score (nSPS) is 16.4. The summed E-state index contributed by atoms with van der Waals surface area (Å²) in [5.74, 6) is -0.394. The minimum atomic E-state index is -0.533. The number of hydrogen-bond donors (Lipinski definition) is 2. The lowest BCUT2D eigenvalue weighted by molar-refractivity contribution is -0.119. The van der Waals surface area contributed by atoms with Crippen molar-refractivity contribution >= 4 is 23.7 Å². The van der Waals surface area contributed by atoms with Gasteiger partial charge in [0, 0.05) is 24.8 Å². The first-order valence-electron chi connectivity index (χ1n) is 8.35. The summed E-state index contributed by atoms with van der Waals surface area (Å²) in [4.78, 5) is 39.4. The summed E-state index contributed by atoms with van der Waals surface area (Å²) in [6.07, 6.45) is 7.00. The smallest absolute Gasteiger partial charge is 0.321 e. The van der Waals surface area contributed by atoms with E-state index in [-0.39, 0.29) is 11.6 Å². The quantitative estimate of drug-likeness (QED) is 0.624. The van der Waals surface area contributed by atoms with Gasteiger partial charge in [0.2, 0.25) is 5.91 Å². The van der Waals surface area contributed by atoms with Crippen molar-refractivity contribution in [2.75, 3.05) is 0 Å². The summed E-state index contributed by atoms with van der Waals surface area (Å²) in [6, 6.07) is 1.08. The molecule has 1 aromatic rings. The molecule has 1 aliphatic carbocycles. The van der Waals surface area contributed by atoms with Crippen molar-refractivity contribution in [1.82, 2.24) is 20.2 Å². The van der Waals surface area contributed by atoms with E-state index in [9.17, 15) is 14.4 Å².